The van der Waals surface area contributed by atoms with E-state index in [0.29, 0.717) is 12.2 Å². The molecule has 1 fully saturated rings. The second-order valence-corrected chi connectivity index (χ2v) is 9.23. The van der Waals surface area contributed by atoms with Gasteiger partial charge in [-0.25, -0.2) is 13.1 Å². The van der Waals surface area contributed by atoms with E-state index in [1.807, 2.05) is 31.2 Å². The Morgan fingerprint density at radius 3 is 2.72 bits per heavy atom. The predicted octanol–water partition coefficient (Wildman–Crippen LogP) is 2.36. The summed E-state index contributed by atoms with van der Waals surface area (Å²) in [6.07, 6.45) is 0.517. The number of benzene rings is 1. The standard InChI is InChI=1S/C16H19BrN4O3S/c1-11-8-15(21(20-11)14-6-7-25(23,24)10-14)19-16(22)9-18-13-4-2-12(17)3-5-13/h2-5,8,14,18H,6-7,9-10H2,1H3,(H,19,22)/t14-/m1/s1. The van der Waals surface area contributed by atoms with Crippen LogP contribution in [0.5, 0.6) is 0 Å². The van der Waals surface area contributed by atoms with E-state index in [4.69, 9.17) is 0 Å². The van der Waals surface area contributed by atoms with Crippen LogP contribution in [0.4, 0.5) is 11.5 Å². The van der Waals surface area contributed by atoms with Gasteiger partial charge in [0.15, 0.2) is 9.84 Å². The Labute approximate surface area is 154 Å². The number of carbonyl (C=O) groups is 1. The van der Waals surface area contributed by atoms with Crippen LogP contribution in [0.1, 0.15) is 18.2 Å². The van der Waals surface area contributed by atoms with Gasteiger partial charge in [0.1, 0.15) is 5.82 Å². The molecular formula is C16H19BrN4O3S. The fraction of sp³-hybridized carbons (Fsp3) is 0.375. The van der Waals surface area contributed by atoms with Gasteiger partial charge in [-0.15, -0.1) is 0 Å². The molecule has 2 N–H and O–H groups in total. The fourth-order valence-corrected chi connectivity index (χ4v) is 4.75. The van der Waals surface area contributed by atoms with Crippen molar-refractivity contribution < 1.29 is 13.2 Å². The van der Waals surface area contributed by atoms with Crippen LogP contribution in [0.25, 0.3) is 0 Å². The Morgan fingerprint density at radius 2 is 2.08 bits per heavy atom. The number of aryl methyl sites for hydroxylation is 1. The largest absolute Gasteiger partial charge is 0.376 e. The smallest absolute Gasteiger partial charge is 0.244 e. The summed E-state index contributed by atoms with van der Waals surface area (Å²) in [6.45, 7) is 1.92. The van der Waals surface area contributed by atoms with Crippen LogP contribution < -0.4 is 10.6 Å². The topological polar surface area (TPSA) is 93.1 Å². The van der Waals surface area contributed by atoms with Gasteiger partial charge in [0, 0.05) is 16.2 Å². The first-order valence-electron chi connectivity index (χ1n) is 7.88. The van der Waals surface area contributed by atoms with Gasteiger partial charge in [-0.3, -0.25) is 4.79 Å². The molecule has 0 unspecified atom stereocenters. The molecule has 0 saturated carbocycles. The van der Waals surface area contributed by atoms with Gasteiger partial charge in [-0.2, -0.15) is 5.10 Å². The summed E-state index contributed by atoms with van der Waals surface area (Å²) in [6, 6.07) is 9.04. The van der Waals surface area contributed by atoms with Gasteiger partial charge in [-0.1, -0.05) is 15.9 Å². The van der Waals surface area contributed by atoms with Crippen LogP contribution in [0.3, 0.4) is 0 Å². The number of amides is 1. The van der Waals surface area contributed by atoms with Crippen molar-refractivity contribution in [2.24, 2.45) is 0 Å². The monoisotopic (exact) mass is 426 g/mol. The van der Waals surface area contributed by atoms with Crippen molar-refractivity contribution in [2.45, 2.75) is 19.4 Å². The first-order chi connectivity index (χ1) is 11.8. The molecule has 0 spiro atoms. The molecule has 1 saturated heterocycles. The predicted molar refractivity (Wildman–Crippen MR) is 101 cm³/mol. The van der Waals surface area contributed by atoms with Crippen LogP contribution in [0.15, 0.2) is 34.8 Å². The van der Waals surface area contributed by atoms with Crippen molar-refractivity contribution in [1.82, 2.24) is 9.78 Å². The molecule has 1 aromatic heterocycles. The summed E-state index contributed by atoms with van der Waals surface area (Å²) in [5.74, 6) is 0.538. The Kier molecular flexibility index (Phi) is 5.14. The molecule has 2 aromatic rings. The molecule has 134 valence electrons. The van der Waals surface area contributed by atoms with E-state index in [1.165, 1.54) is 0 Å². The normalized spacial score (nSPS) is 18.9. The number of aromatic nitrogens is 2. The van der Waals surface area contributed by atoms with Gasteiger partial charge in [0.2, 0.25) is 5.91 Å². The molecule has 25 heavy (non-hydrogen) atoms. The Balaban J connectivity index is 1.64. The second kappa shape index (κ2) is 7.17. The molecule has 1 amide bonds. The second-order valence-electron chi connectivity index (χ2n) is 6.08. The summed E-state index contributed by atoms with van der Waals surface area (Å²) < 4.78 is 26.0. The van der Waals surface area contributed by atoms with E-state index in [2.05, 4.69) is 31.7 Å². The van der Waals surface area contributed by atoms with Crippen molar-refractivity contribution in [3.8, 4) is 0 Å². The number of nitrogens with one attached hydrogen (secondary N) is 2. The lowest BCUT2D eigenvalue weighted by Gasteiger charge is -2.14. The van der Waals surface area contributed by atoms with Crippen LogP contribution >= 0.6 is 15.9 Å². The van der Waals surface area contributed by atoms with Crippen molar-refractivity contribution in [3.05, 3.63) is 40.5 Å². The first-order valence-corrected chi connectivity index (χ1v) is 10.5. The number of hydrogen-bond donors (Lipinski definition) is 2. The zero-order valence-electron chi connectivity index (χ0n) is 13.7. The zero-order chi connectivity index (χ0) is 18.0. The van der Waals surface area contributed by atoms with Crippen molar-refractivity contribution in [1.29, 1.82) is 0 Å². The number of carbonyl (C=O) groups excluding carboxylic acids is 1. The molecule has 2 heterocycles. The highest BCUT2D eigenvalue weighted by Crippen LogP contribution is 2.27. The highest BCUT2D eigenvalue weighted by Gasteiger charge is 2.31. The van der Waals surface area contributed by atoms with Crippen LogP contribution in [0.2, 0.25) is 0 Å². The maximum atomic E-state index is 12.2. The summed E-state index contributed by atoms with van der Waals surface area (Å²) in [5.41, 5.74) is 1.57. The Hall–Kier alpha value is -1.87. The van der Waals surface area contributed by atoms with Crippen molar-refractivity contribution in [3.63, 3.8) is 0 Å². The summed E-state index contributed by atoms with van der Waals surface area (Å²) >= 11 is 3.36. The van der Waals surface area contributed by atoms with Crippen LogP contribution in [-0.4, -0.2) is 42.2 Å². The SMILES string of the molecule is Cc1cc(NC(=O)CNc2ccc(Br)cc2)n([C@@H]2CCS(=O)(=O)C2)n1. The van der Waals surface area contributed by atoms with E-state index in [-0.39, 0.29) is 30.0 Å². The van der Waals surface area contributed by atoms with E-state index in [1.54, 1.807) is 10.7 Å². The minimum Gasteiger partial charge on any atom is -0.376 e. The number of nitrogens with zero attached hydrogens (tertiary/aromatic N) is 2. The Morgan fingerprint density at radius 1 is 1.36 bits per heavy atom. The molecule has 1 aliphatic rings. The highest BCUT2D eigenvalue weighted by molar-refractivity contribution is 9.10. The minimum absolute atomic E-state index is 0.0636. The maximum Gasteiger partial charge on any atom is 0.244 e. The summed E-state index contributed by atoms with van der Waals surface area (Å²) in [7, 11) is -3.02. The lowest BCUT2D eigenvalue weighted by atomic mass is 10.3. The lowest BCUT2D eigenvalue weighted by molar-refractivity contribution is -0.114. The third-order valence-corrected chi connectivity index (χ3v) is 6.26. The molecule has 1 atom stereocenters. The maximum absolute atomic E-state index is 12.2. The molecule has 0 bridgehead atoms. The molecule has 0 aliphatic carbocycles. The average molecular weight is 427 g/mol. The van der Waals surface area contributed by atoms with E-state index in [0.717, 1.165) is 15.9 Å². The van der Waals surface area contributed by atoms with E-state index >= 15 is 0 Å². The number of sulfone groups is 1. The molecule has 3 rings (SSSR count). The Bertz CT molecular complexity index is 877. The third kappa shape index (κ3) is 4.60. The zero-order valence-corrected chi connectivity index (χ0v) is 16.1. The molecule has 1 aromatic carbocycles. The van der Waals surface area contributed by atoms with Crippen LogP contribution in [0, 0.1) is 6.92 Å². The van der Waals surface area contributed by atoms with Gasteiger partial charge >= 0.3 is 0 Å². The quantitative estimate of drug-likeness (QED) is 0.765. The molecule has 7 nitrogen and oxygen atoms in total. The van der Waals surface area contributed by atoms with Gasteiger partial charge in [0.25, 0.3) is 0 Å². The molecular weight excluding hydrogens is 408 g/mol. The average Bonchev–Trinajstić information content (AvgIpc) is 3.08. The highest BCUT2D eigenvalue weighted by atomic mass is 79.9. The molecule has 1 aliphatic heterocycles. The van der Waals surface area contributed by atoms with E-state index < -0.39 is 9.84 Å². The number of anilines is 2. The fourth-order valence-electron chi connectivity index (χ4n) is 2.79. The third-order valence-electron chi connectivity index (χ3n) is 3.98. The molecule has 0 radical (unpaired) electrons. The first kappa shape index (κ1) is 17.9. The minimum atomic E-state index is -3.02. The molecule has 9 heteroatoms. The summed E-state index contributed by atoms with van der Waals surface area (Å²) in [5, 5.41) is 10.2. The van der Waals surface area contributed by atoms with Gasteiger partial charge < -0.3 is 10.6 Å². The van der Waals surface area contributed by atoms with Crippen molar-refractivity contribution in [2.75, 3.05) is 28.7 Å². The lowest BCUT2D eigenvalue weighted by Crippen LogP contribution is -2.24. The summed E-state index contributed by atoms with van der Waals surface area (Å²) in [4.78, 5) is 12.2. The number of hydrogen-bond acceptors (Lipinski definition) is 5. The van der Waals surface area contributed by atoms with Crippen LogP contribution in [-0.2, 0) is 14.6 Å². The van der Waals surface area contributed by atoms with Crippen molar-refractivity contribution >= 4 is 43.2 Å². The van der Waals surface area contributed by atoms with Gasteiger partial charge in [0.05, 0.1) is 29.8 Å². The van der Waals surface area contributed by atoms with E-state index in [9.17, 15) is 13.2 Å². The van der Waals surface area contributed by atoms with Gasteiger partial charge in [-0.05, 0) is 37.6 Å². The number of rotatable bonds is 5. The number of halogens is 1.